The van der Waals surface area contributed by atoms with Crippen molar-refractivity contribution in [2.24, 2.45) is 0 Å². The number of nitrogens with zero attached hydrogens (tertiary/aromatic N) is 1. The van der Waals surface area contributed by atoms with Crippen LogP contribution in [0.3, 0.4) is 0 Å². The third-order valence-corrected chi connectivity index (χ3v) is 3.57. The number of benzene rings is 1. The molecule has 2 rings (SSSR count). The molecular formula is C15H20N2O4. The van der Waals surface area contributed by atoms with Crippen LogP contribution < -0.4 is 5.32 Å². The summed E-state index contributed by atoms with van der Waals surface area (Å²) in [5, 5.41) is 11.7. The Morgan fingerprint density at radius 3 is 2.76 bits per heavy atom. The normalized spacial score (nSPS) is 18.1. The molecule has 0 saturated carbocycles. The lowest BCUT2D eigenvalue weighted by Crippen LogP contribution is -2.48. The van der Waals surface area contributed by atoms with Crippen molar-refractivity contribution in [2.45, 2.75) is 31.9 Å². The fourth-order valence-corrected chi connectivity index (χ4v) is 2.44. The molecule has 1 saturated heterocycles. The fourth-order valence-electron chi connectivity index (χ4n) is 2.44. The SMILES string of the molecule is O=C(NC[C@H]1CCCCN1C(=O)O)OCc1ccccc1. The molecule has 6 nitrogen and oxygen atoms in total. The zero-order valence-electron chi connectivity index (χ0n) is 11.8. The molecule has 1 fully saturated rings. The van der Waals surface area contributed by atoms with Gasteiger partial charge in [0.1, 0.15) is 6.61 Å². The number of ether oxygens (including phenoxy) is 1. The summed E-state index contributed by atoms with van der Waals surface area (Å²) in [5.74, 6) is 0. The average molecular weight is 292 g/mol. The number of alkyl carbamates (subject to hydrolysis) is 1. The molecule has 6 heteroatoms. The van der Waals surface area contributed by atoms with Crippen molar-refractivity contribution in [2.75, 3.05) is 13.1 Å². The Morgan fingerprint density at radius 2 is 2.05 bits per heavy atom. The quantitative estimate of drug-likeness (QED) is 0.893. The molecule has 0 radical (unpaired) electrons. The molecule has 0 unspecified atom stereocenters. The van der Waals surface area contributed by atoms with Gasteiger partial charge in [-0.3, -0.25) is 0 Å². The van der Waals surface area contributed by atoms with Crippen LogP contribution in [-0.2, 0) is 11.3 Å². The maximum Gasteiger partial charge on any atom is 0.407 e. The van der Waals surface area contributed by atoms with Crippen molar-refractivity contribution < 1.29 is 19.4 Å². The van der Waals surface area contributed by atoms with E-state index in [0.29, 0.717) is 13.1 Å². The lowest BCUT2D eigenvalue weighted by atomic mass is 10.0. The van der Waals surface area contributed by atoms with Crippen LogP contribution in [0.1, 0.15) is 24.8 Å². The van der Waals surface area contributed by atoms with E-state index >= 15 is 0 Å². The maximum atomic E-state index is 11.6. The lowest BCUT2D eigenvalue weighted by molar-refractivity contribution is 0.101. The highest BCUT2D eigenvalue weighted by molar-refractivity contribution is 5.68. The standard InChI is InChI=1S/C15H20N2O4/c18-14(21-11-12-6-2-1-3-7-12)16-10-13-8-4-5-9-17(13)15(19)20/h1-3,6-7,13H,4-5,8-11H2,(H,16,18)(H,19,20)/t13-/m1/s1. The third kappa shape index (κ3) is 4.66. The first kappa shape index (κ1) is 15.2. The Hall–Kier alpha value is -2.24. The number of nitrogens with one attached hydrogen (secondary N) is 1. The molecule has 0 spiro atoms. The van der Waals surface area contributed by atoms with Gasteiger partial charge in [0.15, 0.2) is 0 Å². The van der Waals surface area contributed by atoms with Gasteiger partial charge in [0, 0.05) is 13.1 Å². The van der Waals surface area contributed by atoms with Crippen LogP contribution in [0.15, 0.2) is 30.3 Å². The van der Waals surface area contributed by atoms with Crippen LogP contribution in [0.25, 0.3) is 0 Å². The summed E-state index contributed by atoms with van der Waals surface area (Å²) in [5.41, 5.74) is 0.914. The van der Waals surface area contributed by atoms with Gasteiger partial charge in [0.2, 0.25) is 0 Å². The van der Waals surface area contributed by atoms with Gasteiger partial charge in [-0.2, -0.15) is 0 Å². The van der Waals surface area contributed by atoms with Crippen molar-refractivity contribution in [3.63, 3.8) is 0 Å². The molecule has 1 aromatic rings. The second-order valence-electron chi connectivity index (χ2n) is 5.07. The minimum absolute atomic E-state index is 0.166. The van der Waals surface area contributed by atoms with Crippen LogP contribution in [0, 0.1) is 0 Å². The van der Waals surface area contributed by atoms with Gasteiger partial charge < -0.3 is 20.1 Å². The molecule has 1 atom stereocenters. The van der Waals surface area contributed by atoms with Crippen molar-refractivity contribution in [3.8, 4) is 0 Å². The van der Waals surface area contributed by atoms with E-state index in [1.54, 1.807) is 0 Å². The van der Waals surface area contributed by atoms with Gasteiger partial charge in [-0.05, 0) is 24.8 Å². The second kappa shape index (κ2) is 7.52. The first-order chi connectivity index (χ1) is 10.2. The van der Waals surface area contributed by atoms with Crippen LogP contribution in [0.5, 0.6) is 0 Å². The topological polar surface area (TPSA) is 78.9 Å². The number of amides is 2. The van der Waals surface area contributed by atoms with E-state index in [0.717, 1.165) is 24.8 Å². The van der Waals surface area contributed by atoms with E-state index in [-0.39, 0.29) is 12.6 Å². The van der Waals surface area contributed by atoms with Crippen molar-refractivity contribution >= 4 is 12.2 Å². The van der Waals surface area contributed by atoms with Crippen molar-refractivity contribution in [1.29, 1.82) is 0 Å². The molecular weight excluding hydrogens is 272 g/mol. The van der Waals surface area contributed by atoms with E-state index in [1.165, 1.54) is 4.90 Å². The Labute approximate surface area is 123 Å². The number of likely N-dealkylation sites (tertiary alicyclic amines) is 1. The van der Waals surface area contributed by atoms with Gasteiger partial charge >= 0.3 is 12.2 Å². The molecule has 0 aliphatic carbocycles. The summed E-state index contributed by atoms with van der Waals surface area (Å²) in [6, 6.07) is 9.24. The summed E-state index contributed by atoms with van der Waals surface area (Å²) in [6.45, 7) is 1.03. The molecule has 1 aliphatic rings. The number of rotatable bonds is 4. The zero-order valence-corrected chi connectivity index (χ0v) is 11.8. The van der Waals surface area contributed by atoms with E-state index in [1.807, 2.05) is 30.3 Å². The number of hydrogen-bond donors (Lipinski definition) is 2. The van der Waals surface area contributed by atoms with Crippen LogP contribution in [0.2, 0.25) is 0 Å². The number of carbonyl (C=O) groups excluding carboxylic acids is 1. The number of carboxylic acid groups (broad SMARTS) is 1. The van der Waals surface area contributed by atoms with E-state index in [9.17, 15) is 9.59 Å². The van der Waals surface area contributed by atoms with Gasteiger partial charge in [-0.1, -0.05) is 30.3 Å². The van der Waals surface area contributed by atoms with Gasteiger partial charge in [-0.15, -0.1) is 0 Å². The van der Waals surface area contributed by atoms with Gasteiger partial charge in [0.25, 0.3) is 0 Å². The lowest BCUT2D eigenvalue weighted by Gasteiger charge is -2.33. The number of carbonyl (C=O) groups is 2. The average Bonchev–Trinajstić information content (AvgIpc) is 2.52. The summed E-state index contributed by atoms with van der Waals surface area (Å²) < 4.78 is 5.10. The zero-order chi connectivity index (χ0) is 15.1. The smallest absolute Gasteiger partial charge is 0.407 e. The molecule has 2 amide bonds. The largest absolute Gasteiger partial charge is 0.465 e. The summed E-state index contributed by atoms with van der Waals surface area (Å²) in [6.07, 6.45) is 1.18. The Kier molecular flexibility index (Phi) is 5.43. The first-order valence-electron chi connectivity index (χ1n) is 7.11. The monoisotopic (exact) mass is 292 g/mol. The number of piperidine rings is 1. The summed E-state index contributed by atoms with van der Waals surface area (Å²) >= 11 is 0. The van der Waals surface area contributed by atoms with Crippen LogP contribution in [0.4, 0.5) is 9.59 Å². The van der Waals surface area contributed by atoms with E-state index < -0.39 is 12.2 Å². The van der Waals surface area contributed by atoms with Crippen LogP contribution in [-0.4, -0.2) is 41.3 Å². The minimum Gasteiger partial charge on any atom is -0.465 e. The first-order valence-corrected chi connectivity index (χ1v) is 7.11. The molecule has 114 valence electrons. The number of hydrogen-bond acceptors (Lipinski definition) is 3. The molecule has 1 aliphatic heterocycles. The molecule has 1 aromatic carbocycles. The molecule has 2 N–H and O–H groups in total. The Balaban J connectivity index is 1.74. The highest BCUT2D eigenvalue weighted by Crippen LogP contribution is 2.16. The van der Waals surface area contributed by atoms with Crippen molar-refractivity contribution in [3.05, 3.63) is 35.9 Å². The van der Waals surface area contributed by atoms with Crippen LogP contribution >= 0.6 is 0 Å². The van der Waals surface area contributed by atoms with Gasteiger partial charge in [0.05, 0.1) is 6.04 Å². The maximum absolute atomic E-state index is 11.6. The van der Waals surface area contributed by atoms with E-state index in [2.05, 4.69) is 5.32 Å². The van der Waals surface area contributed by atoms with E-state index in [4.69, 9.17) is 9.84 Å². The molecule has 0 bridgehead atoms. The van der Waals surface area contributed by atoms with Gasteiger partial charge in [-0.25, -0.2) is 9.59 Å². The Morgan fingerprint density at radius 1 is 1.29 bits per heavy atom. The predicted molar refractivity (Wildman–Crippen MR) is 77.0 cm³/mol. The fraction of sp³-hybridized carbons (Fsp3) is 0.467. The molecule has 1 heterocycles. The second-order valence-corrected chi connectivity index (χ2v) is 5.07. The summed E-state index contributed by atoms with van der Waals surface area (Å²) in [4.78, 5) is 24.1. The summed E-state index contributed by atoms with van der Waals surface area (Å²) in [7, 11) is 0. The predicted octanol–water partition coefficient (Wildman–Crippen LogP) is 2.45. The highest BCUT2D eigenvalue weighted by atomic mass is 16.5. The van der Waals surface area contributed by atoms with Crippen molar-refractivity contribution in [1.82, 2.24) is 10.2 Å². The third-order valence-electron chi connectivity index (χ3n) is 3.57. The minimum atomic E-state index is -0.931. The highest BCUT2D eigenvalue weighted by Gasteiger charge is 2.26. The molecule has 0 aromatic heterocycles. The molecule has 21 heavy (non-hydrogen) atoms. The Bertz CT molecular complexity index is 478.